The molecule has 1 aromatic carbocycles. The van der Waals surface area contributed by atoms with Crippen molar-refractivity contribution in [2.75, 3.05) is 31.6 Å². The zero-order chi connectivity index (χ0) is 20.0. The Kier molecular flexibility index (Phi) is 5.04. The van der Waals surface area contributed by atoms with Crippen LogP contribution in [0.3, 0.4) is 0 Å². The Hall–Kier alpha value is -1.64. The predicted octanol–water partition coefficient (Wildman–Crippen LogP) is 1.98. The highest BCUT2D eigenvalue weighted by Crippen LogP contribution is 2.38. The van der Waals surface area contributed by atoms with Gasteiger partial charge in [-0.1, -0.05) is 6.07 Å². The van der Waals surface area contributed by atoms with E-state index < -0.39 is 21.3 Å². The summed E-state index contributed by atoms with van der Waals surface area (Å²) in [5, 5.41) is 2.41. The van der Waals surface area contributed by atoms with Crippen molar-refractivity contribution in [2.24, 2.45) is 0 Å². The van der Waals surface area contributed by atoms with Gasteiger partial charge in [0.05, 0.1) is 24.5 Å². The molecular weight excluding hydrogens is 390 g/mol. The zero-order valence-corrected chi connectivity index (χ0v) is 17.5. The van der Waals surface area contributed by atoms with E-state index in [1.165, 1.54) is 22.3 Å². The largest absolute Gasteiger partial charge is 0.378 e. The van der Waals surface area contributed by atoms with Crippen LogP contribution in [0.4, 0.5) is 10.5 Å². The Morgan fingerprint density at radius 2 is 1.62 bits per heavy atom. The molecule has 5 rings (SSSR count). The molecule has 2 N–H and O–H groups in total. The van der Waals surface area contributed by atoms with E-state index in [0.29, 0.717) is 18.9 Å². The monoisotopic (exact) mass is 419 g/mol. The summed E-state index contributed by atoms with van der Waals surface area (Å²) < 4.78 is 33.1. The number of carbonyl (C=O) groups is 1. The number of urea groups is 1. The van der Waals surface area contributed by atoms with Crippen LogP contribution in [0.2, 0.25) is 0 Å². The lowest BCUT2D eigenvalue weighted by Crippen LogP contribution is -2.54. The summed E-state index contributed by atoms with van der Waals surface area (Å²) in [6, 6.07) is 2.11. The second kappa shape index (κ2) is 7.56. The highest BCUT2D eigenvalue weighted by atomic mass is 32.2. The third-order valence-electron chi connectivity index (χ3n) is 7.00. The van der Waals surface area contributed by atoms with Crippen LogP contribution in [0.1, 0.15) is 47.9 Å². The van der Waals surface area contributed by atoms with Crippen molar-refractivity contribution in [1.29, 1.82) is 0 Å². The Morgan fingerprint density at radius 1 is 1.00 bits per heavy atom. The van der Waals surface area contributed by atoms with Crippen LogP contribution in [0, 0.1) is 0 Å². The van der Waals surface area contributed by atoms with Crippen LogP contribution in [0.15, 0.2) is 6.07 Å². The third kappa shape index (κ3) is 3.66. The molecule has 2 heterocycles. The quantitative estimate of drug-likeness (QED) is 0.779. The molecule has 2 saturated heterocycles. The number of ether oxygens (including phenoxy) is 1. The minimum Gasteiger partial charge on any atom is -0.378 e. The van der Waals surface area contributed by atoms with Gasteiger partial charge in [-0.3, -0.25) is 4.90 Å². The molecular formula is C21H29N3O4S. The van der Waals surface area contributed by atoms with Gasteiger partial charge in [0.2, 0.25) is 10.0 Å². The average molecular weight is 420 g/mol. The van der Waals surface area contributed by atoms with E-state index in [0.717, 1.165) is 70.5 Å². The number of rotatable bonds is 4. The number of anilines is 1. The molecule has 1 aromatic rings. The van der Waals surface area contributed by atoms with Gasteiger partial charge in [-0.25, -0.2) is 17.9 Å². The maximum Gasteiger partial charge on any atom is 0.332 e. The van der Waals surface area contributed by atoms with E-state index in [-0.39, 0.29) is 0 Å². The number of sulfonamides is 1. The molecule has 0 aromatic heterocycles. The number of aryl methyl sites for hydroxylation is 2. The van der Waals surface area contributed by atoms with Gasteiger partial charge in [0, 0.05) is 5.69 Å². The predicted molar refractivity (Wildman–Crippen MR) is 111 cm³/mol. The number of benzene rings is 1. The van der Waals surface area contributed by atoms with Gasteiger partial charge >= 0.3 is 6.03 Å². The molecule has 29 heavy (non-hydrogen) atoms. The Morgan fingerprint density at radius 3 is 2.17 bits per heavy atom. The first-order valence-corrected chi connectivity index (χ1v) is 12.4. The van der Waals surface area contributed by atoms with Gasteiger partial charge in [0.25, 0.3) is 0 Å². The lowest BCUT2D eigenvalue weighted by atomic mass is 9.99. The fourth-order valence-electron chi connectivity index (χ4n) is 5.30. The molecule has 0 atom stereocenters. The first kappa shape index (κ1) is 19.3. The van der Waals surface area contributed by atoms with Crippen molar-refractivity contribution in [3.05, 3.63) is 28.3 Å². The molecule has 8 heteroatoms. The number of fused-ring (bicyclic) bond motifs is 2. The van der Waals surface area contributed by atoms with Crippen LogP contribution in [-0.4, -0.2) is 56.9 Å². The van der Waals surface area contributed by atoms with Gasteiger partial charge in [-0.15, -0.1) is 0 Å². The maximum atomic E-state index is 12.8. The van der Waals surface area contributed by atoms with Gasteiger partial charge in [0.1, 0.15) is 0 Å². The van der Waals surface area contributed by atoms with E-state index in [1.807, 2.05) is 0 Å². The summed E-state index contributed by atoms with van der Waals surface area (Å²) in [4.78, 5) is 15.0. The summed E-state index contributed by atoms with van der Waals surface area (Å²) in [5.74, 6) is 0. The summed E-state index contributed by atoms with van der Waals surface area (Å²) in [6.45, 7) is 2.95. The van der Waals surface area contributed by atoms with E-state index in [2.05, 4.69) is 21.0 Å². The molecule has 7 nitrogen and oxygen atoms in total. The first-order valence-electron chi connectivity index (χ1n) is 10.8. The van der Waals surface area contributed by atoms with Crippen molar-refractivity contribution in [3.63, 3.8) is 0 Å². The minimum absolute atomic E-state index is 0.428. The lowest BCUT2D eigenvalue weighted by molar-refractivity contribution is -0.0695. The third-order valence-corrected chi connectivity index (χ3v) is 8.82. The van der Waals surface area contributed by atoms with Crippen molar-refractivity contribution in [1.82, 2.24) is 9.62 Å². The smallest absolute Gasteiger partial charge is 0.332 e. The van der Waals surface area contributed by atoms with E-state index in [1.54, 1.807) is 0 Å². The molecule has 0 radical (unpaired) electrons. The SMILES string of the molecule is O=C(Nc1c2c(cc3c1CCC3)CCC2)NS(=O)(=O)C1CCN(C2COC2)CC1. The molecule has 0 spiro atoms. The fourth-order valence-corrected chi connectivity index (χ4v) is 6.61. The number of piperidine rings is 1. The van der Waals surface area contributed by atoms with E-state index in [4.69, 9.17) is 4.74 Å². The van der Waals surface area contributed by atoms with Crippen molar-refractivity contribution in [2.45, 2.75) is 62.7 Å². The number of nitrogens with zero attached hydrogens (tertiary/aromatic N) is 1. The molecule has 0 saturated carbocycles. The highest BCUT2D eigenvalue weighted by Gasteiger charge is 2.35. The number of amides is 2. The molecule has 2 amide bonds. The number of nitrogens with one attached hydrogen (secondary N) is 2. The number of hydrogen-bond donors (Lipinski definition) is 2. The number of hydrogen-bond acceptors (Lipinski definition) is 5. The first-order chi connectivity index (χ1) is 14.0. The summed E-state index contributed by atoms with van der Waals surface area (Å²) in [7, 11) is -3.69. The van der Waals surface area contributed by atoms with Gasteiger partial charge < -0.3 is 10.1 Å². The van der Waals surface area contributed by atoms with Gasteiger partial charge in [-0.05, 0) is 86.7 Å². The molecule has 4 aliphatic rings. The number of carbonyl (C=O) groups excluding carboxylic acids is 1. The highest BCUT2D eigenvalue weighted by molar-refractivity contribution is 7.90. The average Bonchev–Trinajstić information content (AvgIpc) is 3.29. The summed E-state index contributed by atoms with van der Waals surface area (Å²) in [5.41, 5.74) is 5.91. The van der Waals surface area contributed by atoms with E-state index in [9.17, 15) is 13.2 Å². The lowest BCUT2D eigenvalue weighted by Gasteiger charge is -2.41. The summed E-state index contributed by atoms with van der Waals surface area (Å²) in [6.07, 6.45) is 7.28. The fraction of sp³-hybridized carbons (Fsp3) is 0.667. The summed E-state index contributed by atoms with van der Waals surface area (Å²) >= 11 is 0. The second-order valence-corrected chi connectivity index (χ2v) is 10.7. The standard InChI is InChI=1S/C21H29N3O4S/c25-21(22-20-18-5-1-3-14(18)11-15-4-2-6-19(15)20)23-29(26,27)17-7-9-24(10-8-17)16-12-28-13-16/h11,16-17H,1-10,12-13H2,(H2,22,23,25). The second-order valence-electron chi connectivity index (χ2n) is 8.76. The molecule has 0 bridgehead atoms. The van der Waals surface area contributed by atoms with Crippen LogP contribution < -0.4 is 10.0 Å². The van der Waals surface area contributed by atoms with Gasteiger partial charge in [-0.2, -0.15) is 0 Å². The van der Waals surface area contributed by atoms with Crippen molar-refractivity contribution in [3.8, 4) is 0 Å². The van der Waals surface area contributed by atoms with Gasteiger partial charge in [0.15, 0.2) is 0 Å². The zero-order valence-electron chi connectivity index (χ0n) is 16.7. The Bertz CT molecular complexity index is 886. The minimum atomic E-state index is -3.69. The maximum absolute atomic E-state index is 12.8. The Labute approximate surface area is 172 Å². The van der Waals surface area contributed by atoms with Crippen LogP contribution in [-0.2, 0) is 40.4 Å². The van der Waals surface area contributed by atoms with Crippen LogP contribution >= 0.6 is 0 Å². The van der Waals surface area contributed by atoms with Crippen LogP contribution in [0.25, 0.3) is 0 Å². The molecule has 0 unspecified atom stereocenters. The molecule has 2 aliphatic heterocycles. The number of likely N-dealkylation sites (tertiary alicyclic amines) is 1. The topological polar surface area (TPSA) is 87.7 Å². The molecule has 158 valence electrons. The molecule has 2 fully saturated rings. The molecule has 2 aliphatic carbocycles. The van der Waals surface area contributed by atoms with Crippen molar-refractivity contribution >= 4 is 21.7 Å². The van der Waals surface area contributed by atoms with Crippen LogP contribution in [0.5, 0.6) is 0 Å². The Balaban J connectivity index is 1.25. The normalized spacial score (nSPS) is 22.8. The van der Waals surface area contributed by atoms with Crippen molar-refractivity contribution < 1.29 is 17.9 Å². The van der Waals surface area contributed by atoms with E-state index >= 15 is 0 Å².